The first-order chi connectivity index (χ1) is 10.7. The molecule has 0 amide bonds. The Hall–Kier alpha value is -2.81. The van der Waals surface area contributed by atoms with Crippen molar-refractivity contribution >= 4 is 5.69 Å². The Morgan fingerprint density at radius 2 is 1.77 bits per heavy atom. The fraction of sp³-hybridized carbons (Fsp3) is 0.105. The number of ether oxygens (including phenoxy) is 1. The van der Waals surface area contributed by atoms with Crippen LogP contribution < -0.4 is 10.5 Å². The second kappa shape index (κ2) is 6.31. The van der Waals surface area contributed by atoms with E-state index in [1.807, 2.05) is 67.6 Å². The summed E-state index contributed by atoms with van der Waals surface area (Å²) < 4.78 is 6.01. The molecule has 0 unspecified atom stereocenters. The van der Waals surface area contributed by atoms with Gasteiger partial charge < -0.3 is 10.5 Å². The molecule has 22 heavy (non-hydrogen) atoms. The van der Waals surface area contributed by atoms with Crippen LogP contribution in [0.4, 0.5) is 5.69 Å². The number of hydrogen-bond donors (Lipinski definition) is 1. The lowest BCUT2D eigenvalue weighted by Crippen LogP contribution is -1.99. The predicted molar refractivity (Wildman–Crippen MR) is 89.6 cm³/mol. The van der Waals surface area contributed by atoms with Gasteiger partial charge in [0.15, 0.2) is 0 Å². The van der Waals surface area contributed by atoms with Gasteiger partial charge in [0.1, 0.15) is 12.4 Å². The first kappa shape index (κ1) is 14.1. The molecule has 0 fully saturated rings. The van der Waals surface area contributed by atoms with Crippen molar-refractivity contribution in [2.45, 2.75) is 13.5 Å². The third kappa shape index (κ3) is 3.09. The Bertz CT molecular complexity index is 769. The summed E-state index contributed by atoms with van der Waals surface area (Å²) in [5, 5.41) is 0. The van der Waals surface area contributed by atoms with E-state index in [-0.39, 0.29) is 0 Å². The smallest absolute Gasteiger partial charge is 0.129 e. The summed E-state index contributed by atoms with van der Waals surface area (Å²) in [6, 6.07) is 19.8. The minimum atomic E-state index is 0.511. The largest absolute Gasteiger partial charge is 0.488 e. The minimum absolute atomic E-state index is 0.511. The molecule has 0 spiro atoms. The van der Waals surface area contributed by atoms with E-state index in [0.717, 1.165) is 28.1 Å². The lowest BCUT2D eigenvalue weighted by atomic mass is 10.0. The standard InChI is InChI=1S/C19H18N2O/c1-14-17(8-5-11-21-14)18-10-9-16(20)12-19(18)22-13-15-6-3-2-4-7-15/h2-12H,13,20H2,1H3. The van der Waals surface area contributed by atoms with Crippen LogP contribution in [-0.2, 0) is 6.61 Å². The van der Waals surface area contributed by atoms with Crippen molar-refractivity contribution < 1.29 is 4.74 Å². The summed E-state index contributed by atoms with van der Waals surface area (Å²) in [6.45, 7) is 2.50. The van der Waals surface area contributed by atoms with Crippen molar-refractivity contribution in [3.8, 4) is 16.9 Å². The number of nitrogens with two attached hydrogens (primary N) is 1. The van der Waals surface area contributed by atoms with E-state index < -0.39 is 0 Å². The summed E-state index contributed by atoms with van der Waals surface area (Å²) in [6.07, 6.45) is 1.79. The summed E-state index contributed by atoms with van der Waals surface area (Å²) in [5.74, 6) is 0.778. The van der Waals surface area contributed by atoms with E-state index in [2.05, 4.69) is 4.98 Å². The molecule has 0 atom stereocenters. The number of pyridine rings is 1. The Balaban J connectivity index is 1.93. The summed E-state index contributed by atoms with van der Waals surface area (Å²) >= 11 is 0. The molecule has 0 saturated carbocycles. The monoisotopic (exact) mass is 290 g/mol. The molecule has 0 saturated heterocycles. The fourth-order valence-corrected chi connectivity index (χ4v) is 2.39. The number of rotatable bonds is 4. The number of aromatic nitrogens is 1. The molecule has 110 valence electrons. The Kier molecular flexibility index (Phi) is 4.05. The van der Waals surface area contributed by atoms with Gasteiger partial charge in [-0.1, -0.05) is 36.4 Å². The van der Waals surface area contributed by atoms with Crippen LogP contribution in [0, 0.1) is 6.92 Å². The highest BCUT2D eigenvalue weighted by atomic mass is 16.5. The quantitative estimate of drug-likeness (QED) is 0.732. The molecule has 0 aliphatic rings. The molecule has 2 N–H and O–H groups in total. The third-order valence-electron chi connectivity index (χ3n) is 3.54. The van der Waals surface area contributed by atoms with Crippen LogP contribution >= 0.6 is 0 Å². The average molecular weight is 290 g/mol. The Labute approximate surface area is 130 Å². The lowest BCUT2D eigenvalue weighted by molar-refractivity contribution is 0.307. The molecular weight excluding hydrogens is 272 g/mol. The zero-order valence-corrected chi connectivity index (χ0v) is 12.5. The highest BCUT2D eigenvalue weighted by Gasteiger charge is 2.10. The van der Waals surface area contributed by atoms with Gasteiger partial charge in [0.25, 0.3) is 0 Å². The topological polar surface area (TPSA) is 48.1 Å². The molecule has 0 bridgehead atoms. The van der Waals surface area contributed by atoms with Crippen LogP contribution in [0.25, 0.3) is 11.1 Å². The molecule has 0 aliphatic heterocycles. The molecular formula is C19H18N2O. The van der Waals surface area contributed by atoms with Gasteiger partial charge in [0.2, 0.25) is 0 Å². The van der Waals surface area contributed by atoms with Crippen molar-refractivity contribution in [2.75, 3.05) is 5.73 Å². The Morgan fingerprint density at radius 3 is 2.55 bits per heavy atom. The van der Waals surface area contributed by atoms with Crippen molar-refractivity contribution in [1.29, 1.82) is 0 Å². The maximum absolute atomic E-state index is 6.01. The highest BCUT2D eigenvalue weighted by molar-refractivity contribution is 5.74. The van der Waals surface area contributed by atoms with Crippen molar-refractivity contribution in [2.24, 2.45) is 0 Å². The van der Waals surface area contributed by atoms with E-state index in [4.69, 9.17) is 10.5 Å². The summed E-state index contributed by atoms with van der Waals surface area (Å²) in [4.78, 5) is 4.35. The van der Waals surface area contributed by atoms with E-state index in [1.165, 1.54) is 0 Å². The second-order valence-electron chi connectivity index (χ2n) is 5.17. The van der Waals surface area contributed by atoms with Gasteiger partial charge in [-0.25, -0.2) is 0 Å². The zero-order chi connectivity index (χ0) is 15.4. The van der Waals surface area contributed by atoms with Crippen molar-refractivity contribution in [3.63, 3.8) is 0 Å². The van der Waals surface area contributed by atoms with Gasteiger partial charge in [-0.3, -0.25) is 4.98 Å². The number of benzene rings is 2. The van der Waals surface area contributed by atoms with Crippen LogP contribution in [0.5, 0.6) is 5.75 Å². The molecule has 3 nitrogen and oxygen atoms in total. The molecule has 2 aromatic carbocycles. The SMILES string of the molecule is Cc1ncccc1-c1ccc(N)cc1OCc1ccccc1. The van der Waals surface area contributed by atoms with Crippen LogP contribution in [0.2, 0.25) is 0 Å². The van der Waals surface area contributed by atoms with Crippen LogP contribution in [0.15, 0.2) is 66.9 Å². The predicted octanol–water partition coefficient (Wildman–Crippen LogP) is 4.22. The zero-order valence-electron chi connectivity index (χ0n) is 12.5. The molecule has 3 heteroatoms. The third-order valence-corrected chi connectivity index (χ3v) is 3.54. The average Bonchev–Trinajstić information content (AvgIpc) is 2.55. The molecule has 1 aromatic heterocycles. The van der Waals surface area contributed by atoms with Gasteiger partial charge >= 0.3 is 0 Å². The van der Waals surface area contributed by atoms with Crippen LogP contribution in [0.1, 0.15) is 11.3 Å². The summed E-state index contributed by atoms with van der Waals surface area (Å²) in [5.41, 5.74) is 10.8. The van der Waals surface area contributed by atoms with Gasteiger partial charge in [-0.05, 0) is 30.7 Å². The van der Waals surface area contributed by atoms with Gasteiger partial charge in [-0.2, -0.15) is 0 Å². The first-order valence-corrected chi connectivity index (χ1v) is 7.22. The molecule has 1 heterocycles. The van der Waals surface area contributed by atoms with E-state index in [0.29, 0.717) is 12.3 Å². The molecule has 3 aromatic rings. The number of anilines is 1. The molecule has 3 rings (SSSR count). The van der Waals surface area contributed by atoms with E-state index in [9.17, 15) is 0 Å². The molecule has 0 aliphatic carbocycles. The van der Waals surface area contributed by atoms with Crippen molar-refractivity contribution in [3.05, 3.63) is 78.1 Å². The van der Waals surface area contributed by atoms with Gasteiger partial charge in [-0.15, -0.1) is 0 Å². The fourth-order valence-electron chi connectivity index (χ4n) is 2.39. The maximum atomic E-state index is 6.01. The summed E-state index contributed by atoms with van der Waals surface area (Å²) in [7, 11) is 0. The highest BCUT2D eigenvalue weighted by Crippen LogP contribution is 2.33. The van der Waals surface area contributed by atoms with Crippen LogP contribution in [-0.4, -0.2) is 4.98 Å². The second-order valence-corrected chi connectivity index (χ2v) is 5.17. The minimum Gasteiger partial charge on any atom is -0.488 e. The van der Waals surface area contributed by atoms with Gasteiger partial charge in [0, 0.05) is 34.8 Å². The normalized spacial score (nSPS) is 10.4. The number of nitrogens with zero attached hydrogens (tertiary/aromatic N) is 1. The Morgan fingerprint density at radius 1 is 0.955 bits per heavy atom. The maximum Gasteiger partial charge on any atom is 0.129 e. The number of hydrogen-bond acceptors (Lipinski definition) is 3. The van der Waals surface area contributed by atoms with E-state index >= 15 is 0 Å². The van der Waals surface area contributed by atoms with Crippen molar-refractivity contribution in [1.82, 2.24) is 4.98 Å². The van der Waals surface area contributed by atoms with Crippen LogP contribution in [0.3, 0.4) is 0 Å². The van der Waals surface area contributed by atoms with E-state index in [1.54, 1.807) is 6.20 Å². The number of nitrogen functional groups attached to an aromatic ring is 1. The van der Waals surface area contributed by atoms with Gasteiger partial charge in [0.05, 0.1) is 0 Å². The number of aryl methyl sites for hydroxylation is 1. The first-order valence-electron chi connectivity index (χ1n) is 7.22. The lowest BCUT2D eigenvalue weighted by Gasteiger charge is -2.14. The molecule has 0 radical (unpaired) electrons.